The third-order valence-electron chi connectivity index (χ3n) is 5.80. The average Bonchev–Trinajstić information content (AvgIpc) is 3.41. The molecule has 8 heteroatoms. The van der Waals surface area contributed by atoms with Crippen molar-refractivity contribution in [3.63, 3.8) is 0 Å². The number of nitrogens with one attached hydrogen (secondary N) is 1. The van der Waals surface area contributed by atoms with Crippen molar-refractivity contribution in [3.8, 4) is 5.82 Å². The number of piperazine rings is 1. The van der Waals surface area contributed by atoms with Crippen LogP contribution < -0.4 is 10.2 Å². The number of nitrogens with zero attached hydrogens (tertiary/aromatic N) is 6. The van der Waals surface area contributed by atoms with Gasteiger partial charge in [0.1, 0.15) is 18.5 Å². The minimum Gasteiger partial charge on any atom is -0.369 e. The van der Waals surface area contributed by atoms with Crippen molar-refractivity contribution < 1.29 is 4.79 Å². The summed E-state index contributed by atoms with van der Waals surface area (Å²) in [6.45, 7) is 5.03. The molecule has 1 amide bonds. The van der Waals surface area contributed by atoms with Crippen LogP contribution in [0.25, 0.3) is 5.82 Å². The maximum Gasteiger partial charge on any atom is 0.255 e. The summed E-state index contributed by atoms with van der Waals surface area (Å²) in [5.41, 5.74) is 3.81. The summed E-state index contributed by atoms with van der Waals surface area (Å²) in [6, 6.07) is 22.0. The molecule has 5 rings (SSSR count). The highest BCUT2D eigenvalue weighted by molar-refractivity contribution is 6.04. The highest BCUT2D eigenvalue weighted by atomic mass is 16.1. The van der Waals surface area contributed by atoms with Gasteiger partial charge in [-0.3, -0.25) is 14.3 Å². The number of pyridine rings is 1. The predicted molar refractivity (Wildman–Crippen MR) is 127 cm³/mol. The molecule has 1 aliphatic heterocycles. The van der Waals surface area contributed by atoms with Gasteiger partial charge in [-0.1, -0.05) is 30.3 Å². The van der Waals surface area contributed by atoms with E-state index in [1.807, 2.05) is 12.1 Å². The molecule has 0 unspecified atom stereocenters. The number of benzene rings is 2. The first-order valence-corrected chi connectivity index (χ1v) is 11.0. The maximum atomic E-state index is 12.7. The van der Waals surface area contributed by atoms with E-state index in [2.05, 4.69) is 72.8 Å². The monoisotopic (exact) mass is 439 g/mol. The Kier molecular flexibility index (Phi) is 6.08. The third kappa shape index (κ3) is 5.07. The van der Waals surface area contributed by atoms with Crippen LogP contribution in [0.2, 0.25) is 0 Å². The normalized spacial score (nSPS) is 14.2. The first-order valence-electron chi connectivity index (χ1n) is 11.0. The molecule has 1 fully saturated rings. The fourth-order valence-electron chi connectivity index (χ4n) is 3.98. The lowest BCUT2D eigenvalue weighted by Gasteiger charge is -2.36. The second-order valence-electron chi connectivity index (χ2n) is 8.02. The summed E-state index contributed by atoms with van der Waals surface area (Å²) >= 11 is 0. The molecule has 2 aromatic carbocycles. The summed E-state index contributed by atoms with van der Waals surface area (Å²) in [5, 5.41) is 10.5. The fraction of sp³-hybridized carbons (Fsp3) is 0.200. The second-order valence-corrected chi connectivity index (χ2v) is 8.02. The quantitative estimate of drug-likeness (QED) is 0.497. The molecule has 0 radical (unpaired) electrons. The summed E-state index contributed by atoms with van der Waals surface area (Å²) in [6.07, 6.45) is 4.69. The van der Waals surface area contributed by atoms with Gasteiger partial charge >= 0.3 is 0 Å². The number of aromatic nitrogens is 4. The van der Waals surface area contributed by atoms with Crippen LogP contribution in [0, 0.1) is 0 Å². The number of rotatable bonds is 6. The van der Waals surface area contributed by atoms with E-state index in [4.69, 9.17) is 0 Å². The SMILES string of the molecule is O=C(Nc1ccc(N2CCN(Cc3ccccc3)CC2)cc1)c1ccnc(-n2cnnc2)c1. The van der Waals surface area contributed by atoms with Crippen LogP contribution in [0.4, 0.5) is 11.4 Å². The molecular weight excluding hydrogens is 414 g/mol. The van der Waals surface area contributed by atoms with Crippen molar-refractivity contribution in [1.82, 2.24) is 24.6 Å². The zero-order valence-corrected chi connectivity index (χ0v) is 18.2. The van der Waals surface area contributed by atoms with Crippen molar-refractivity contribution in [2.24, 2.45) is 0 Å². The van der Waals surface area contributed by atoms with Crippen molar-refractivity contribution in [3.05, 3.63) is 96.7 Å². The average molecular weight is 440 g/mol. The lowest BCUT2D eigenvalue weighted by Crippen LogP contribution is -2.45. The van der Waals surface area contributed by atoms with Gasteiger partial charge in [0.15, 0.2) is 0 Å². The Labute approximate surface area is 192 Å². The highest BCUT2D eigenvalue weighted by Gasteiger charge is 2.17. The summed E-state index contributed by atoms with van der Waals surface area (Å²) in [7, 11) is 0. The molecular formula is C25H25N7O. The van der Waals surface area contributed by atoms with Crippen LogP contribution in [-0.4, -0.2) is 56.7 Å². The lowest BCUT2D eigenvalue weighted by atomic mass is 10.2. The summed E-state index contributed by atoms with van der Waals surface area (Å²) < 4.78 is 1.66. The van der Waals surface area contributed by atoms with Crippen molar-refractivity contribution in [2.45, 2.75) is 6.54 Å². The third-order valence-corrected chi connectivity index (χ3v) is 5.80. The van der Waals surface area contributed by atoms with E-state index in [9.17, 15) is 4.79 Å². The molecule has 8 nitrogen and oxygen atoms in total. The Morgan fingerprint density at radius 1 is 0.879 bits per heavy atom. The molecule has 33 heavy (non-hydrogen) atoms. The molecule has 4 aromatic rings. The molecule has 166 valence electrons. The van der Waals surface area contributed by atoms with Gasteiger partial charge in [0.2, 0.25) is 0 Å². The molecule has 0 bridgehead atoms. The number of amides is 1. The Morgan fingerprint density at radius 2 is 1.61 bits per heavy atom. The van der Waals surface area contributed by atoms with Gasteiger partial charge in [-0.2, -0.15) is 0 Å². The molecule has 1 N–H and O–H groups in total. The van der Waals surface area contributed by atoms with E-state index in [-0.39, 0.29) is 5.91 Å². The molecule has 0 atom stereocenters. The molecule has 3 heterocycles. The number of carbonyl (C=O) groups is 1. The molecule has 0 saturated carbocycles. The fourth-order valence-corrected chi connectivity index (χ4v) is 3.98. The van der Waals surface area contributed by atoms with Crippen LogP contribution in [0.3, 0.4) is 0 Å². The highest BCUT2D eigenvalue weighted by Crippen LogP contribution is 2.21. The van der Waals surface area contributed by atoms with Crippen LogP contribution in [0.15, 0.2) is 85.6 Å². The van der Waals surface area contributed by atoms with Gasteiger partial charge in [-0.15, -0.1) is 10.2 Å². The Balaban J connectivity index is 1.17. The van der Waals surface area contributed by atoms with E-state index in [0.29, 0.717) is 11.4 Å². The first kappa shape index (κ1) is 20.8. The van der Waals surface area contributed by atoms with E-state index < -0.39 is 0 Å². The van der Waals surface area contributed by atoms with Gasteiger partial charge in [-0.25, -0.2) is 4.98 Å². The summed E-state index contributed by atoms with van der Waals surface area (Å²) in [5.74, 6) is 0.406. The maximum absolute atomic E-state index is 12.7. The standard InChI is InChI=1S/C25H25N7O/c33-25(21-10-11-26-24(16-21)32-18-27-28-19-32)29-22-6-8-23(9-7-22)31-14-12-30(13-15-31)17-20-4-2-1-3-5-20/h1-11,16,18-19H,12-15,17H2,(H,29,33). The molecule has 2 aromatic heterocycles. The Hall–Kier alpha value is -4.04. The van der Waals surface area contributed by atoms with Gasteiger partial charge in [-0.05, 0) is 42.0 Å². The van der Waals surface area contributed by atoms with Crippen LogP contribution in [0.1, 0.15) is 15.9 Å². The zero-order chi connectivity index (χ0) is 22.5. The van der Waals surface area contributed by atoms with Crippen LogP contribution >= 0.6 is 0 Å². The topological polar surface area (TPSA) is 79.2 Å². The van der Waals surface area contributed by atoms with Crippen LogP contribution in [-0.2, 0) is 6.54 Å². The van der Waals surface area contributed by atoms with Gasteiger partial charge in [0, 0.05) is 55.9 Å². The van der Waals surface area contributed by atoms with Gasteiger partial charge in [0.25, 0.3) is 5.91 Å². The molecule has 1 saturated heterocycles. The van der Waals surface area contributed by atoms with E-state index >= 15 is 0 Å². The van der Waals surface area contributed by atoms with Gasteiger partial charge < -0.3 is 10.2 Å². The largest absolute Gasteiger partial charge is 0.369 e. The smallest absolute Gasteiger partial charge is 0.255 e. The number of anilines is 2. The number of hydrogen-bond donors (Lipinski definition) is 1. The first-order chi connectivity index (χ1) is 16.2. The predicted octanol–water partition coefficient (Wildman–Crippen LogP) is 3.24. The Bertz CT molecular complexity index is 1190. The van der Waals surface area contributed by atoms with Crippen molar-refractivity contribution in [1.29, 1.82) is 0 Å². The van der Waals surface area contributed by atoms with E-state index in [1.165, 1.54) is 11.3 Å². The van der Waals surface area contributed by atoms with Crippen LogP contribution in [0.5, 0.6) is 0 Å². The van der Waals surface area contributed by atoms with Crippen molar-refractivity contribution >= 4 is 17.3 Å². The minimum absolute atomic E-state index is 0.186. The Morgan fingerprint density at radius 3 is 2.33 bits per heavy atom. The second kappa shape index (κ2) is 9.62. The number of hydrogen-bond acceptors (Lipinski definition) is 6. The number of carbonyl (C=O) groups excluding carboxylic acids is 1. The van der Waals surface area contributed by atoms with E-state index in [1.54, 1.807) is 35.6 Å². The lowest BCUT2D eigenvalue weighted by molar-refractivity contribution is 0.102. The zero-order valence-electron chi connectivity index (χ0n) is 18.2. The minimum atomic E-state index is -0.186. The molecule has 0 spiro atoms. The summed E-state index contributed by atoms with van der Waals surface area (Å²) in [4.78, 5) is 21.9. The molecule has 1 aliphatic rings. The van der Waals surface area contributed by atoms with Crippen molar-refractivity contribution in [2.75, 3.05) is 36.4 Å². The van der Waals surface area contributed by atoms with Gasteiger partial charge in [0.05, 0.1) is 0 Å². The molecule has 0 aliphatic carbocycles. The van der Waals surface area contributed by atoms with E-state index in [0.717, 1.165) is 38.4 Å².